The van der Waals surface area contributed by atoms with E-state index in [1.165, 1.54) is 0 Å². The summed E-state index contributed by atoms with van der Waals surface area (Å²) in [6.07, 6.45) is 3.29. The van der Waals surface area contributed by atoms with E-state index in [1.807, 2.05) is 6.92 Å². The first-order valence-corrected chi connectivity index (χ1v) is 6.05. The van der Waals surface area contributed by atoms with E-state index in [4.69, 9.17) is 4.74 Å². The zero-order valence-corrected chi connectivity index (χ0v) is 10.5. The Morgan fingerprint density at radius 2 is 2.25 bits per heavy atom. The van der Waals surface area contributed by atoms with Gasteiger partial charge >= 0.3 is 0 Å². The minimum absolute atomic E-state index is 0.0865. The molecule has 0 heterocycles. The fourth-order valence-corrected chi connectivity index (χ4v) is 2.06. The topological polar surface area (TPSA) is 58.6 Å². The van der Waals surface area contributed by atoms with Gasteiger partial charge in [0.2, 0.25) is 0 Å². The van der Waals surface area contributed by atoms with Crippen molar-refractivity contribution >= 4 is 5.91 Å². The number of carbonyl (C=O) groups is 1. The van der Waals surface area contributed by atoms with Crippen LogP contribution in [0.2, 0.25) is 0 Å². The molecule has 1 aliphatic carbocycles. The van der Waals surface area contributed by atoms with Gasteiger partial charge in [0.15, 0.2) is 0 Å². The Labute approximate surface area is 97.4 Å². The van der Waals surface area contributed by atoms with Crippen molar-refractivity contribution in [2.45, 2.75) is 51.2 Å². The van der Waals surface area contributed by atoms with Crippen molar-refractivity contribution in [3.8, 4) is 0 Å². The maximum atomic E-state index is 11.9. The van der Waals surface area contributed by atoms with Gasteiger partial charge in [-0.25, -0.2) is 0 Å². The second-order valence-electron chi connectivity index (χ2n) is 4.76. The fourth-order valence-electron chi connectivity index (χ4n) is 2.06. The highest BCUT2D eigenvalue weighted by atomic mass is 16.5. The maximum Gasteiger partial charge on any atom is 0.251 e. The number of methoxy groups -OCH3 is 1. The monoisotopic (exact) mass is 229 g/mol. The Kier molecular flexibility index (Phi) is 4.74. The van der Waals surface area contributed by atoms with Crippen LogP contribution in [-0.4, -0.2) is 36.4 Å². The molecule has 0 aromatic rings. The number of aliphatic hydroxyl groups excluding tert-OH is 1. The van der Waals surface area contributed by atoms with Crippen LogP contribution in [0.4, 0.5) is 0 Å². The summed E-state index contributed by atoms with van der Waals surface area (Å²) in [6.45, 7) is 4.26. The Bertz CT molecular complexity index is 238. The van der Waals surface area contributed by atoms with Crippen LogP contribution < -0.4 is 5.32 Å². The van der Waals surface area contributed by atoms with Gasteiger partial charge < -0.3 is 15.2 Å². The Hall–Kier alpha value is -0.610. The Morgan fingerprint density at radius 1 is 1.56 bits per heavy atom. The summed E-state index contributed by atoms with van der Waals surface area (Å²) in [4.78, 5) is 11.9. The van der Waals surface area contributed by atoms with Crippen molar-refractivity contribution in [1.82, 2.24) is 5.32 Å². The summed E-state index contributed by atoms with van der Waals surface area (Å²) in [7, 11) is 1.55. The summed E-state index contributed by atoms with van der Waals surface area (Å²) < 4.78 is 5.22. The van der Waals surface area contributed by atoms with Crippen LogP contribution in [0.1, 0.15) is 39.5 Å². The van der Waals surface area contributed by atoms with Gasteiger partial charge in [-0.15, -0.1) is 0 Å². The van der Waals surface area contributed by atoms with E-state index in [0.717, 1.165) is 19.3 Å². The maximum absolute atomic E-state index is 11.9. The quantitative estimate of drug-likeness (QED) is 0.741. The first kappa shape index (κ1) is 13.5. The van der Waals surface area contributed by atoms with E-state index in [2.05, 4.69) is 5.32 Å². The molecule has 0 radical (unpaired) electrons. The Morgan fingerprint density at radius 3 is 2.69 bits per heavy atom. The zero-order valence-electron chi connectivity index (χ0n) is 10.5. The second-order valence-corrected chi connectivity index (χ2v) is 4.76. The van der Waals surface area contributed by atoms with E-state index >= 15 is 0 Å². The van der Waals surface area contributed by atoms with Gasteiger partial charge in [0.25, 0.3) is 5.91 Å². The highest BCUT2D eigenvalue weighted by molar-refractivity contribution is 5.84. The van der Waals surface area contributed by atoms with Gasteiger partial charge in [-0.1, -0.05) is 13.3 Å². The van der Waals surface area contributed by atoms with Gasteiger partial charge in [-0.3, -0.25) is 4.79 Å². The van der Waals surface area contributed by atoms with E-state index in [0.29, 0.717) is 13.0 Å². The van der Waals surface area contributed by atoms with Gasteiger partial charge in [0.05, 0.1) is 6.10 Å². The summed E-state index contributed by atoms with van der Waals surface area (Å²) in [5, 5.41) is 12.5. The van der Waals surface area contributed by atoms with Gasteiger partial charge in [-0.2, -0.15) is 0 Å². The normalized spacial score (nSPS) is 28.8. The van der Waals surface area contributed by atoms with Crippen LogP contribution >= 0.6 is 0 Å². The molecule has 0 aromatic carbocycles. The van der Waals surface area contributed by atoms with Crippen molar-refractivity contribution in [3.05, 3.63) is 0 Å². The van der Waals surface area contributed by atoms with E-state index in [1.54, 1.807) is 14.0 Å². The number of ether oxygens (including phenoxy) is 1. The molecule has 1 fully saturated rings. The number of rotatable bonds is 5. The highest BCUT2D eigenvalue weighted by Gasteiger charge is 2.32. The molecule has 1 aliphatic rings. The lowest BCUT2D eigenvalue weighted by atomic mass is 10.0. The van der Waals surface area contributed by atoms with Gasteiger partial charge in [0.1, 0.15) is 5.60 Å². The summed E-state index contributed by atoms with van der Waals surface area (Å²) in [6, 6.07) is 0. The lowest BCUT2D eigenvalue weighted by molar-refractivity contribution is -0.142. The first-order chi connectivity index (χ1) is 7.53. The van der Waals surface area contributed by atoms with E-state index in [-0.39, 0.29) is 17.9 Å². The van der Waals surface area contributed by atoms with Crippen molar-refractivity contribution < 1.29 is 14.6 Å². The van der Waals surface area contributed by atoms with Crippen LogP contribution in [0.25, 0.3) is 0 Å². The van der Waals surface area contributed by atoms with E-state index in [9.17, 15) is 9.90 Å². The largest absolute Gasteiger partial charge is 0.393 e. The summed E-state index contributed by atoms with van der Waals surface area (Å²) >= 11 is 0. The highest BCUT2D eigenvalue weighted by Crippen LogP contribution is 2.25. The number of nitrogens with one attached hydrogen (secondary N) is 1. The molecule has 0 bridgehead atoms. The molecule has 3 atom stereocenters. The minimum atomic E-state index is -0.746. The number of hydrogen-bond donors (Lipinski definition) is 2. The molecule has 0 saturated heterocycles. The number of amides is 1. The average molecular weight is 229 g/mol. The second kappa shape index (κ2) is 5.64. The molecule has 0 aliphatic heterocycles. The number of hydrogen-bond acceptors (Lipinski definition) is 3. The average Bonchev–Trinajstić information content (AvgIpc) is 2.70. The van der Waals surface area contributed by atoms with Crippen molar-refractivity contribution in [3.63, 3.8) is 0 Å². The van der Waals surface area contributed by atoms with Crippen LogP contribution in [0.3, 0.4) is 0 Å². The zero-order chi connectivity index (χ0) is 12.2. The van der Waals surface area contributed by atoms with Crippen molar-refractivity contribution in [1.29, 1.82) is 0 Å². The predicted molar refractivity (Wildman–Crippen MR) is 62.1 cm³/mol. The van der Waals surface area contributed by atoms with Gasteiger partial charge in [0, 0.05) is 19.6 Å². The number of carbonyl (C=O) groups excluding carboxylic acids is 1. The molecule has 1 saturated carbocycles. The SMILES string of the molecule is CCC(C)(OC)C(=O)NCC1CCCC1O. The molecule has 3 unspecified atom stereocenters. The third kappa shape index (κ3) is 2.95. The summed E-state index contributed by atoms with van der Waals surface area (Å²) in [5.74, 6) is 0.124. The molecular weight excluding hydrogens is 206 g/mol. The predicted octanol–water partition coefficient (Wildman–Crippen LogP) is 1.08. The number of aliphatic hydroxyl groups is 1. The lowest BCUT2D eigenvalue weighted by Crippen LogP contribution is -2.47. The molecule has 0 spiro atoms. The van der Waals surface area contributed by atoms with Crippen LogP contribution in [0.15, 0.2) is 0 Å². The molecule has 2 N–H and O–H groups in total. The standard InChI is InChI=1S/C12H23NO3/c1-4-12(2,16-3)11(15)13-8-9-6-5-7-10(9)14/h9-10,14H,4-8H2,1-3H3,(H,13,15). The first-order valence-electron chi connectivity index (χ1n) is 6.05. The molecule has 1 rings (SSSR count). The third-order valence-corrected chi connectivity index (χ3v) is 3.75. The smallest absolute Gasteiger partial charge is 0.251 e. The molecular formula is C12H23NO3. The van der Waals surface area contributed by atoms with E-state index < -0.39 is 5.60 Å². The van der Waals surface area contributed by atoms with Crippen LogP contribution in [0.5, 0.6) is 0 Å². The molecule has 1 amide bonds. The van der Waals surface area contributed by atoms with Crippen LogP contribution in [0, 0.1) is 5.92 Å². The molecule has 4 heteroatoms. The third-order valence-electron chi connectivity index (χ3n) is 3.75. The van der Waals surface area contributed by atoms with Crippen molar-refractivity contribution in [2.24, 2.45) is 5.92 Å². The minimum Gasteiger partial charge on any atom is -0.393 e. The Balaban J connectivity index is 2.40. The van der Waals surface area contributed by atoms with Crippen molar-refractivity contribution in [2.75, 3.05) is 13.7 Å². The van der Waals surface area contributed by atoms with Gasteiger partial charge in [-0.05, 0) is 26.2 Å². The lowest BCUT2D eigenvalue weighted by Gasteiger charge is -2.26. The summed E-state index contributed by atoms with van der Waals surface area (Å²) in [5.41, 5.74) is -0.746. The molecule has 4 nitrogen and oxygen atoms in total. The fraction of sp³-hybridized carbons (Fsp3) is 0.917. The molecule has 16 heavy (non-hydrogen) atoms. The van der Waals surface area contributed by atoms with Crippen LogP contribution in [-0.2, 0) is 9.53 Å². The molecule has 0 aromatic heterocycles. The molecule has 94 valence electrons.